The average Bonchev–Trinajstić information content (AvgIpc) is 3.20. The van der Waals surface area contributed by atoms with Gasteiger partial charge in [-0.15, -0.1) is 0 Å². The summed E-state index contributed by atoms with van der Waals surface area (Å²) in [6.07, 6.45) is 3.71. The Kier molecular flexibility index (Phi) is 7.00. The predicted octanol–water partition coefficient (Wildman–Crippen LogP) is 1.51. The molecule has 1 aliphatic rings. The largest absolute Gasteiger partial charge is 0.394 e. The topological polar surface area (TPSA) is 105 Å². The molecule has 0 bridgehead atoms. The van der Waals surface area contributed by atoms with Crippen LogP contribution in [0.15, 0.2) is 36.4 Å². The summed E-state index contributed by atoms with van der Waals surface area (Å²) in [7, 11) is 3.22. The Balaban J connectivity index is 1.87. The Bertz CT molecular complexity index is 828. The fourth-order valence-corrected chi connectivity index (χ4v) is 3.74. The van der Waals surface area contributed by atoms with Crippen LogP contribution in [0.1, 0.15) is 58.3 Å². The first-order chi connectivity index (χ1) is 14.1. The van der Waals surface area contributed by atoms with Crippen molar-refractivity contribution in [3.8, 4) is 0 Å². The molecule has 29 heavy (non-hydrogen) atoms. The van der Waals surface area contributed by atoms with E-state index in [4.69, 9.17) is 4.74 Å². The molecule has 1 heterocycles. The van der Waals surface area contributed by atoms with Gasteiger partial charge < -0.3 is 20.5 Å². The number of nitrogens with zero attached hydrogens (tertiary/aromatic N) is 2. The maximum atomic E-state index is 13.0. The number of aliphatic hydroxyl groups excluding tert-OH is 1. The van der Waals surface area contributed by atoms with Crippen molar-refractivity contribution in [2.45, 2.75) is 43.9 Å². The molecule has 1 atom stereocenters. The second kappa shape index (κ2) is 9.67. The normalized spacial score (nSPS) is 20.1. The van der Waals surface area contributed by atoms with E-state index >= 15 is 0 Å². The lowest BCUT2D eigenvalue weighted by Gasteiger charge is -2.28. The van der Waals surface area contributed by atoms with Gasteiger partial charge in [0.05, 0.1) is 12.7 Å². The van der Waals surface area contributed by atoms with Crippen molar-refractivity contribution in [3.63, 3.8) is 0 Å². The third kappa shape index (κ3) is 4.83. The van der Waals surface area contributed by atoms with Crippen LogP contribution in [-0.4, -0.2) is 59.6 Å². The Morgan fingerprint density at radius 3 is 2.48 bits per heavy atom. The third-order valence-electron chi connectivity index (χ3n) is 5.42. The molecule has 1 fully saturated rings. The second-order valence-corrected chi connectivity index (χ2v) is 7.23. The fourth-order valence-electron chi connectivity index (χ4n) is 3.74. The summed E-state index contributed by atoms with van der Waals surface area (Å²) < 4.78 is 6.83. The minimum absolute atomic E-state index is 0.0463. The molecule has 8 heteroatoms. The summed E-state index contributed by atoms with van der Waals surface area (Å²) in [4.78, 5) is 25.2. The van der Waals surface area contributed by atoms with Crippen molar-refractivity contribution in [2.24, 2.45) is 0 Å². The molecule has 1 aromatic carbocycles. The molecule has 3 rings (SSSR count). The number of methoxy groups -OCH3 is 1. The lowest BCUT2D eigenvalue weighted by molar-refractivity contribution is 0.0596. The van der Waals surface area contributed by atoms with Gasteiger partial charge in [0, 0.05) is 26.3 Å². The SMILES string of the molecule is CNC(=O)c1cc(C(=O)NC2CCC(OC)CC2)n([C@@H](CO)c2ccccc2)n1. The number of amides is 2. The summed E-state index contributed by atoms with van der Waals surface area (Å²) in [5.41, 5.74) is 1.19. The molecule has 2 aromatic rings. The molecule has 0 radical (unpaired) electrons. The number of nitrogens with one attached hydrogen (secondary N) is 2. The Labute approximate surface area is 170 Å². The smallest absolute Gasteiger partial charge is 0.271 e. The Morgan fingerprint density at radius 1 is 1.21 bits per heavy atom. The maximum absolute atomic E-state index is 13.0. The van der Waals surface area contributed by atoms with Crippen LogP contribution in [0.4, 0.5) is 0 Å². The van der Waals surface area contributed by atoms with Crippen molar-refractivity contribution in [1.82, 2.24) is 20.4 Å². The number of benzene rings is 1. The monoisotopic (exact) mass is 400 g/mol. The van der Waals surface area contributed by atoms with Crippen molar-refractivity contribution in [3.05, 3.63) is 53.3 Å². The van der Waals surface area contributed by atoms with E-state index in [1.807, 2.05) is 30.3 Å². The highest BCUT2D eigenvalue weighted by atomic mass is 16.5. The van der Waals surface area contributed by atoms with Crippen LogP contribution in [0, 0.1) is 0 Å². The average molecular weight is 400 g/mol. The van der Waals surface area contributed by atoms with Gasteiger partial charge in [-0.25, -0.2) is 4.68 Å². The van der Waals surface area contributed by atoms with E-state index in [0.717, 1.165) is 31.2 Å². The zero-order valence-electron chi connectivity index (χ0n) is 16.8. The number of ether oxygens (including phenoxy) is 1. The zero-order valence-corrected chi connectivity index (χ0v) is 16.8. The fraction of sp³-hybridized carbons (Fsp3) is 0.476. The summed E-state index contributed by atoms with van der Waals surface area (Å²) in [6.45, 7) is -0.252. The lowest BCUT2D eigenvalue weighted by Crippen LogP contribution is -2.40. The molecular weight excluding hydrogens is 372 g/mol. The molecule has 1 aliphatic carbocycles. The number of carbonyl (C=O) groups excluding carboxylic acids is 2. The molecule has 8 nitrogen and oxygen atoms in total. The molecule has 2 amide bonds. The van der Waals surface area contributed by atoms with Gasteiger partial charge >= 0.3 is 0 Å². The third-order valence-corrected chi connectivity index (χ3v) is 5.42. The zero-order chi connectivity index (χ0) is 20.8. The maximum Gasteiger partial charge on any atom is 0.271 e. The molecule has 1 aromatic heterocycles. The molecule has 3 N–H and O–H groups in total. The minimum Gasteiger partial charge on any atom is -0.394 e. The van der Waals surface area contributed by atoms with Crippen molar-refractivity contribution in [2.75, 3.05) is 20.8 Å². The standard InChI is InChI=1S/C21H28N4O4/c1-22-20(27)17-12-18(21(28)23-15-8-10-16(29-2)11-9-15)25(24-17)19(13-26)14-6-4-3-5-7-14/h3-7,12,15-16,19,26H,8-11,13H2,1-2H3,(H,22,27)(H,23,28)/t15?,16?,19-/m0/s1. The number of rotatable bonds is 7. The van der Waals surface area contributed by atoms with E-state index in [1.165, 1.54) is 17.8 Å². The van der Waals surface area contributed by atoms with Gasteiger partial charge in [-0.1, -0.05) is 30.3 Å². The number of aliphatic hydroxyl groups is 1. The Morgan fingerprint density at radius 2 is 1.90 bits per heavy atom. The number of carbonyl (C=O) groups is 2. The first kappa shape index (κ1) is 21.0. The summed E-state index contributed by atoms with van der Waals surface area (Å²) in [6, 6.07) is 10.3. The van der Waals surface area contributed by atoms with Gasteiger partial charge in [0.2, 0.25) is 0 Å². The van der Waals surface area contributed by atoms with Crippen molar-refractivity contribution < 1.29 is 19.4 Å². The van der Waals surface area contributed by atoms with E-state index in [-0.39, 0.29) is 42.0 Å². The lowest BCUT2D eigenvalue weighted by atomic mass is 9.93. The van der Waals surface area contributed by atoms with E-state index in [1.54, 1.807) is 7.11 Å². The first-order valence-corrected chi connectivity index (χ1v) is 9.88. The quantitative estimate of drug-likeness (QED) is 0.653. The van der Waals surface area contributed by atoms with Crippen LogP contribution in [0.3, 0.4) is 0 Å². The van der Waals surface area contributed by atoms with Gasteiger partial charge in [-0.05, 0) is 31.2 Å². The number of aromatic nitrogens is 2. The second-order valence-electron chi connectivity index (χ2n) is 7.23. The molecule has 0 saturated heterocycles. The summed E-state index contributed by atoms with van der Waals surface area (Å²) >= 11 is 0. The van der Waals surface area contributed by atoms with Gasteiger partial charge in [0.15, 0.2) is 5.69 Å². The summed E-state index contributed by atoms with van der Waals surface area (Å²) in [5, 5.41) is 19.9. The molecule has 0 aliphatic heterocycles. The molecule has 156 valence electrons. The Hall–Kier alpha value is -2.71. The van der Waals surface area contributed by atoms with Crippen LogP contribution >= 0.6 is 0 Å². The van der Waals surface area contributed by atoms with E-state index < -0.39 is 6.04 Å². The summed E-state index contributed by atoms with van der Waals surface area (Å²) in [5.74, 6) is -0.689. The van der Waals surface area contributed by atoms with Crippen LogP contribution < -0.4 is 10.6 Å². The van der Waals surface area contributed by atoms with Crippen LogP contribution in [0.2, 0.25) is 0 Å². The molecule has 0 spiro atoms. The van der Waals surface area contributed by atoms with Gasteiger partial charge in [0.1, 0.15) is 11.7 Å². The molecular formula is C21H28N4O4. The highest BCUT2D eigenvalue weighted by Crippen LogP contribution is 2.23. The molecule has 0 unspecified atom stereocenters. The van der Waals surface area contributed by atoms with Gasteiger partial charge in [-0.3, -0.25) is 9.59 Å². The van der Waals surface area contributed by atoms with Crippen LogP contribution in [-0.2, 0) is 4.74 Å². The number of hydrogen-bond acceptors (Lipinski definition) is 5. The first-order valence-electron chi connectivity index (χ1n) is 9.88. The van der Waals surface area contributed by atoms with E-state index in [0.29, 0.717) is 0 Å². The van der Waals surface area contributed by atoms with Gasteiger partial charge in [-0.2, -0.15) is 5.10 Å². The van der Waals surface area contributed by atoms with Crippen LogP contribution in [0.5, 0.6) is 0 Å². The van der Waals surface area contributed by atoms with Gasteiger partial charge in [0.25, 0.3) is 11.8 Å². The number of hydrogen-bond donors (Lipinski definition) is 3. The molecule has 1 saturated carbocycles. The highest BCUT2D eigenvalue weighted by molar-refractivity contribution is 5.98. The van der Waals surface area contributed by atoms with Crippen molar-refractivity contribution in [1.29, 1.82) is 0 Å². The van der Waals surface area contributed by atoms with Crippen LogP contribution in [0.25, 0.3) is 0 Å². The minimum atomic E-state index is -0.570. The highest BCUT2D eigenvalue weighted by Gasteiger charge is 2.27. The van der Waals surface area contributed by atoms with E-state index in [9.17, 15) is 14.7 Å². The predicted molar refractivity (Wildman–Crippen MR) is 108 cm³/mol. The van der Waals surface area contributed by atoms with E-state index in [2.05, 4.69) is 15.7 Å². The van der Waals surface area contributed by atoms with Crippen molar-refractivity contribution >= 4 is 11.8 Å².